The number of aryl methyl sites for hydroxylation is 1. The minimum atomic E-state index is -0.238. The third-order valence-electron chi connectivity index (χ3n) is 3.07. The summed E-state index contributed by atoms with van der Waals surface area (Å²) >= 11 is 0. The molecule has 0 unspecified atom stereocenters. The number of imidazole rings is 1. The second-order valence-corrected chi connectivity index (χ2v) is 4.48. The predicted molar refractivity (Wildman–Crippen MR) is 72.3 cm³/mol. The first-order valence-electron chi connectivity index (χ1n) is 5.97. The lowest BCUT2D eigenvalue weighted by Crippen LogP contribution is -2.22. The minimum absolute atomic E-state index is 0.0108. The van der Waals surface area contributed by atoms with E-state index in [1.165, 1.54) is 6.07 Å². The van der Waals surface area contributed by atoms with Crippen molar-refractivity contribution in [3.8, 4) is 5.75 Å². The van der Waals surface area contributed by atoms with Gasteiger partial charge >= 0.3 is 0 Å². The van der Waals surface area contributed by atoms with Gasteiger partial charge in [0.1, 0.15) is 11.6 Å². The molecule has 0 aliphatic carbocycles. The van der Waals surface area contributed by atoms with E-state index in [9.17, 15) is 9.90 Å². The van der Waals surface area contributed by atoms with Gasteiger partial charge in [-0.1, -0.05) is 12.1 Å². The number of fused-ring (bicyclic) bond motifs is 1. The largest absolute Gasteiger partial charge is 0.508 e. The number of para-hydroxylation sites is 2. The number of nitrogens with zero attached hydrogens (tertiary/aromatic N) is 2. The molecule has 5 nitrogen and oxygen atoms in total. The van der Waals surface area contributed by atoms with E-state index in [1.807, 2.05) is 24.3 Å². The smallest absolute Gasteiger partial charge is 0.254 e. The van der Waals surface area contributed by atoms with Gasteiger partial charge in [-0.2, -0.15) is 0 Å². The van der Waals surface area contributed by atoms with Crippen LogP contribution in [0.1, 0.15) is 11.5 Å². The zero-order valence-corrected chi connectivity index (χ0v) is 10.4. The summed E-state index contributed by atoms with van der Waals surface area (Å²) in [5.41, 5.74) is 2.28. The number of aromatic hydroxyl groups is 1. The van der Waals surface area contributed by atoms with E-state index in [4.69, 9.17) is 0 Å². The van der Waals surface area contributed by atoms with Crippen LogP contribution in [0.25, 0.3) is 11.0 Å². The van der Waals surface area contributed by atoms with Gasteiger partial charge in [-0.15, -0.1) is 0 Å². The van der Waals surface area contributed by atoms with Crippen LogP contribution in [0.15, 0.2) is 41.2 Å². The highest BCUT2D eigenvalue weighted by molar-refractivity contribution is 5.74. The van der Waals surface area contributed by atoms with Crippen LogP contribution in [0, 0.1) is 6.92 Å². The van der Waals surface area contributed by atoms with Crippen molar-refractivity contribution in [1.82, 2.24) is 14.5 Å². The average Bonchev–Trinajstić information content (AvgIpc) is 2.76. The van der Waals surface area contributed by atoms with Gasteiger partial charge in [0.2, 0.25) is 0 Å². The van der Waals surface area contributed by atoms with Gasteiger partial charge in [0.15, 0.2) is 0 Å². The van der Waals surface area contributed by atoms with Gasteiger partial charge in [-0.3, -0.25) is 4.79 Å². The van der Waals surface area contributed by atoms with Crippen molar-refractivity contribution >= 4 is 11.0 Å². The van der Waals surface area contributed by atoms with Crippen molar-refractivity contribution in [2.75, 3.05) is 0 Å². The van der Waals surface area contributed by atoms with Crippen LogP contribution in [-0.2, 0) is 6.54 Å². The molecule has 0 saturated heterocycles. The first-order chi connectivity index (χ1) is 9.13. The van der Waals surface area contributed by atoms with Crippen molar-refractivity contribution in [3.05, 3.63) is 58.3 Å². The maximum atomic E-state index is 11.8. The second kappa shape index (κ2) is 4.28. The highest BCUT2D eigenvalue weighted by atomic mass is 16.3. The maximum absolute atomic E-state index is 11.8. The van der Waals surface area contributed by atoms with Crippen LogP contribution in [-0.4, -0.2) is 19.6 Å². The lowest BCUT2D eigenvalue weighted by molar-refractivity contribution is 0.470. The molecule has 0 saturated carbocycles. The summed E-state index contributed by atoms with van der Waals surface area (Å²) in [7, 11) is 0. The molecule has 0 bridgehead atoms. The fourth-order valence-electron chi connectivity index (χ4n) is 2.14. The lowest BCUT2D eigenvalue weighted by Gasteiger charge is -2.07. The number of pyridine rings is 1. The van der Waals surface area contributed by atoms with Gasteiger partial charge in [0.05, 0.1) is 17.6 Å². The molecule has 0 aliphatic rings. The molecule has 2 N–H and O–H groups in total. The van der Waals surface area contributed by atoms with E-state index >= 15 is 0 Å². The van der Waals surface area contributed by atoms with Gasteiger partial charge in [-0.25, -0.2) is 4.98 Å². The molecule has 96 valence electrons. The van der Waals surface area contributed by atoms with Crippen molar-refractivity contribution in [3.63, 3.8) is 0 Å². The van der Waals surface area contributed by atoms with Crippen LogP contribution < -0.4 is 5.56 Å². The second-order valence-electron chi connectivity index (χ2n) is 4.48. The zero-order valence-electron chi connectivity index (χ0n) is 10.4. The van der Waals surface area contributed by atoms with Crippen LogP contribution in [0.2, 0.25) is 0 Å². The summed E-state index contributed by atoms with van der Waals surface area (Å²) in [6.07, 6.45) is 0. The first kappa shape index (κ1) is 11.5. The molecular formula is C14H13N3O2. The SMILES string of the molecule is Cc1cc(O)cc(=O)n1Cc1nc2ccccc2[nH]1. The Bertz CT molecular complexity index is 769. The molecule has 1 aromatic carbocycles. The fourth-order valence-corrected chi connectivity index (χ4v) is 2.14. The molecule has 2 heterocycles. The topological polar surface area (TPSA) is 70.9 Å². The molecule has 3 rings (SSSR count). The van der Waals surface area contributed by atoms with E-state index in [0.29, 0.717) is 12.2 Å². The lowest BCUT2D eigenvalue weighted by atomic mass is 10.3. The molecule has 5 heteroatoms. The Morgan fingerprint density at radius 2 is 2.11 bits per heavy atom. The number of rotatable bonds is 2. The third-order valence-corrected chi connectivity index (χ3v) is 3.07. The van der Waals surface area contributed by atoms with Crippen molar-refractivity contribution in [2.45, 2.75) is 13.5 Å². The molecule has 2 aromatic heterocycles. The number of aromatic nitrogens is 3. The van der Waals surface area contributed by atoms with E-state index in [0.717, 1.165) is 16.9 Å². The fraction of sp³-hybridized carbons (Fsp3) is 0.143. The molecule has 0 spiro atoms. The summed E-state index contributed by atoms with van der Waals surface area (Å²) < 4.78 is 1.57. The van der Waals surface area contributed by atoms with E-state index in [2.05, 4.69) is 9.97 Å². The van der Waals surface area contributed by atoms with Crippen LogP contribution in [0.4, 0.5) is 0 Å². The first-order valence-corrected chi connectivity index (χ1v) is 5.97. The Kier molecular flexibility index (Phi) is 2.59. The Morgan fingerprint density at radius 3 is 2.84 bits per heavy atom. The summed E-state index contributed by atoms with van der Waals surface area (Å²) in [6, 6.07) is 10.5. The maximum Gasteiger partial charge on any atom is 0.254 e. The molecule has 0 atom stereocenters. The van der Waals surface area contributed by atoms with Gasteiger partial charge < -0.3 is 14.7 Å². The Balaban J connectivity index is 2.03. The Morgan fingerprint density at radius 1 is 1.32 bits per heavy atom. The number of H-pyrrole nitrogens is 1. The van der Waals surface area contributed by atoms with Crippen LogP contribution in [0.3, 0.4) is 0 Å². The van der Waals surface area contributed by atoms with E-state index < -0.39 is 0 Å². The third kappa shape index (κ3) is 2.10. The number of hydrogen-bond donors (Lipinski definition) is 2. The number of aromatic amines is 1. The minimum Gasteiger partial charge on any atom is -0.508 e. The van der Waals surface area contributed by atoms with Crippen LogP contribution in [0.5, 0.6) is 5.75 Å². The average molecular weight is 255 g/mol. The number of nitrogens with one attached hydrogen (secondary N) is 1. The van der Waals surface area contributed by atoms with Gasteiger partial charge in [0, 0.05) is 11.8 Å². The highest BCUT2D eigenvalue weighted by Crippen LogP contribution is 2.12. The standard InChI is InChI=1S/C14H13N3O2/c1-9-6-10(18)7-14(19)17(9)8-13-15-11-4-2-3-5-12(11)16-13/h2-7,18H,8H2,1H3,(H,15,16). The molecule has 19 heavy (non-hydrogen) atoms. The highest BCUT2D eigenvalue weighted by Gasteiger charge is 2.07. The number of hydrogen-bond acceptors (Lipinski definition) is 3. The summed E-state index contributed by atoms with van der Waals surface area (Å²) in [5.74, 6) is 0.709. The molecule has 0 aliphatic heterocycles. The molecule has 0 radical (unpaired) electrons. The monoisotopic (exact) mass is 255 g/mol. The van der Waals surface area contributed by atoms with Crippen molar-refractivity contribution < 1.29 is 5.11 Å². The zero-order chi connectivity index (χ0) is 13.4. The number of benzene rings is 1. The summed E-state index contributed by atoms with van der Waals surface area (Å²) in [4.78, 5) is 19.5. The Labute approximate surface area is 109 Å². The normalized spacial score (nSPS) is 11.0. The predicted octanol–water partition coefficient (Wildman–Crippen LogP) is 1.79. The van der Waals surface area contributed by atoms with Crippen molar-refractivity contribution in [1.29, 1.82) is 0 Å². The Hall–Kier alpha value is -2.56. The quantitative estimate of drug-likeness (QED) is 0.733. The van der Waals surface area contributed by atoms with Crippen molar-refractivity contribution in [2.24, 2.45) is 0 Å². The van der Waals surface area contributed by atoms with Gasteiger partial charge in [-0.05, 0) is 25.1 Å². The molecule has 3 aromatic rings. The van der Waals surface area contributed by atoms with E-state index in [-0.39, 0.29) is 11.3 Å². The molecular weight excluding hydrogens is 242 g/mol. The summed E-state index contributed by atoms with van der Waals surface area (Å²) in [5, 5.41) is 9.36. The molecule has 0 amide bonds. The van der Waals surface area contributed by atoms with Gasteiger partial charge in [0.25, 0.3) is 5.56 Å². The van der Waals surface area contributed by atoms with E-state index in [1.54, 1.807) is 17.6 Å². The molecule has 0 fully saturated rings. The van der Waals surface area contributed by atoms with Crippen LogP contribution >= 0.6 is 0 Å². The summed E-state index contributed by atoms with van der Waals surface area (Å²) in [6.45, 7) is 2.14.